The summed E-state index contributed by atoms with van der Waals surface area (Å²) in [6, 6.07) is 4.93. The second kappa shape index (κ2) is 10.2. The number of hydrogen-bond acceptors (Lipinski definition) is 7. The van der Waals surface area contributed by atoms with Gasteiger partial charge in [0.05, 0.1) is 13.3 Å². The molecule has 3 heterocycles. The lowest BCUT2D eigenvalue weighted by Crippen LogP contribution is -2.27. The second-order valence-electron chi connectivity index (χ2n) is 6.44. The second-order valence-corrected chi connectivity index (χ2v) is 6.44. The lowest BCUT2D eigenvalue weighted by atomic mass is 9.92. The molecule has 0 aromatic carbocycles. The van der Waals surface area contributed by atoms with E-state index in [1.54, 1.807) is 18.2 Å². The maximum Gasteiger partial charge on any atom is 0.356 e. The van der Waals surface area contributed by atoms with Crippen molar-refractivity contribution in [3.63, 3.8) is 0 Å². The van der Waals surface area contributed by atoms with Crippen molar-refractivity contribution >= 4 is 24.2 Å². The van der Waals surface area contributed by atoms with Crippen LogP contribution in [0, 0.1) is 5.92 Å². The van der Waals surface area contributed by atoms with Crippen molar-refractivity contribution in [2.45, 2.75) is 32.1 Å². The number of aromatic nitrogens is 2. The summed E-state index contributed by atoms with van der Waals surface area (Å²) in [5, 5.41) is 3.35. The van der Waals surface area contributed by atoms with Crippen molar-refractivity contribution in [1.29, 1.82) is 0 Å². The van der Waals surface area contributed by atoms with Crippen molar-refractivity contribution in [2.75, 3.05) is 20.2 Å². The summed E-state index contributed by atoms with van der Waals surface area (Å²) in [5.74, 6) is 0.525. The smallest absolute Gasteiger partial charge is 0.356 e. The van der Waals surface area contributed by atoms with Gasteiger partial charge in [0.2, 0.25) is 5.78 Å². The van der Waals surface area contributed by atoms with Crippen LogP contribution in [0.1, 0.15) is 53.3 Å². The minimum absolute atomic E-state index is 0. The minimum Gasteiger partial charge on any atom is -0.464 e. The van der Waals surface area contributed by atoms with E-state index in [4.69, 9.17) is 4.42 Å². The molecule has 0 radical (unpaired) electrons. The predicted molar refractivity (Wildman–Crippen MR) is 102 cm³/mol. The van der Waals surface area contributed by atoms with Crippen LogP contribution in [0.3, 0.4) is 0 Å². The van der Waals surface area contributed by atoms with Gasteiger partial charge in [0, 0.05) is 6.42 Å². The maximum absolute atomic E-state index is 12.3. The summed E-state index contributed by atoms with van der Waals surface area (Å²) in [5.41, 5.74) is 0.616. The molecule has 0 unspecified atom stereocenters. The summed E-state index contributed by atoms with van der Waals surface area (Å²) in [6.07, 6.45) is 6.16. The topological polar surface area (TPSA) is 94.3 Å². The fourth-order valence-corrected chi connectivity index (χ4v) is 3.14. The van der Waals surface area contributed by atoms with Gasteiger partial charge in [-0.2, -0.15) is 0 Å². The molecule has 0 saturated carbocycles. The Bertz CT molecular complexity index is 772. The number of nitrogens with one attached hydrogen (secondary N) is 1. The number of Topliss-reactive ketones (excluding diaryl/α,β-unsaturated/α-hetero) is 1. The molecule has 1 saturated heterocycles. The SMILES string of the molecule is COC(=O)c1cccc(-c2cnc(C(=O)CCCC3CCNCC3)o2)n1.Cl. The van der Waals surface area contributed by atoms with Crippen molar-refractivity contribution in [3.05, 3.63) is 36.0 Å². The third kappa shape index (κ3) is 5.61. The minimum atomic E-state index is -0.527. The number of ether oxygens (including phenoxy) is 1. The van der Waals surface area contributed by atoms with Crippen molar-refractivity contribution in [3.8, 4) is 11.5 Å². The molecular formula is C19H24ClN3O4. The first-order chi connectivity index (χ1) is 12.7. The van der Waals surface area contributed by atoms with E-state index in [1.807, 2.05) is 0 Å². The van der Waals surface area contributed by atoms with Crippen molar-refractivity contribution in [2.24, 2.45) is 5.92 Å². The number of halogens is 1. The van der Waals surface area contributed by atoms with E-state index >= 15 is 0 Å². The summed E-state index contributed by atoms with van der Waals surface area (Å²) in [6.45, 7) is 2.14. The number of carbonyl (C=O) groups excluding carboxylic acids is 2. The van der Waals surface area contributed by atoms with Crippen LogP contribution in [0.4, 0.5) is 0 Å². The number of esters is 1. The zero-order valence-corrected chi connectivity index (χ0v) is 16.1. The Balaban J connectivity index is 0.00000261. The summed E-state index contributed by atoms with van der Waals surface area (Å²) in [4.78, 5) is 32.1. The number of pyridine rings is 1. The predicted octanol–water partition coefficient (Wildman–Crippen LogP) is 3.30. The average molecular weight is 394 g/mol. The van der Waals surface area contributed by atoms with Gasteiger partial charge in [-0.25, -0.2) is 14.8 Å². The van der Waals surface area contributed by atoms with Gasteiger partial charge in [-0.05, 0) is 56.8 Å². The lowest BCUT2D eigenvalue weighted by molar-refractivity contribution is 0.0594. The molecule has 0 atom stereocenters. The third-order valence-electron chi connectivity index (χ3n) is 4.62. The molecule has 27 heavy (non-hydrogen) atoms. The van der Waals surface area contributed by atoms with E-state index in [0.717, 1.165) is 25.9 Å². The highest BCUT2D eigenvalue weighted by Gasteiger charge is 2.18. The monoisotopic (exact) mass is 393 g/mol. The van der Waals surface area contributed by atoms with Gasteiger partial charge in [0.25, 0.3) is 5.89 Å². The lowest BCUT2D eigenvalue weighted by Gasteiger charge is -2.22. The summed E-state index contributed by atoms with van der Waals surface area (Å²) in [7, 11) is 1.30. The van der Waals surface area contributed by atoms with Crippen LogP contribution >= 0.6 is 12.4 Å². The highest BCUT2D eigenvalue weighted by molar-refractivity contribution is 5.92. The molecule has 2 aromatic heterocycles. The molecule has 0 bridgehead atoms. The molecule has 1 aliphatic heterocycles. The van der Waals surface area contributed by atoms with Crippen LogP contribution in [0.15, 0.2) is 28.8 Å². The first kappa shape index (κ1) is 21.1. The maximum atomic E-state index is 12.3. The quantitative estimate of drug-likeness (QED) is 0.569. The van der Waals surface area contributed by atoms with Gasteiger partial charge < -0.3 is 14.5 Å². The fraction of sp³-hybridized carbons (Fsp3) is 0.474. The average Bonchev–Trinajstić information content (AvgIpc) is 3.18. The molecule has 0 amide bonds. The normalized spacial score (nSPS) is 14.4. The molecule has 2 aromatic rings. The highest BCUT2D eigenvalue weighted by atomic mass is 35.5. The Morgan fingerprint density at radius 2 is 2.07 bits per heavy atom. The van der Waals surface area contributed by atoms with Crippen LogP contribution in [-0.2, 0) is 4.74 Å². The third-order valence-corrected chi connectivity index (χ3v) is 4.62. The number of hydrogen-bond donors (Lipinski definition) is 1. The van der Waals surface area contributed by atoms with E-state index in [-0.39, 0.29) is 29.8 Å². The number of oxazole rings is 1. The summed E-state index contributed by atoms with van der Waals surface area (Å²) >= 11 is 0. The van der Waals surface area contributed by atoms with Crippen molar-refractivity contribution < 1.29 is 18.7 Å². The van der Waals surface area contributed by atoms with Gasteiger partial charge in [0.15, 0.2) is 5.76 Å². The molecule has 8 heteroatoms. The number of nitrogens with zero attached hydrogens (tertiary/aromatic N) is 2. The fourth-order valence-electron chi connectivity index (χ4n) is 3.14. The Kier molecular flexibility index (Phi) is 7.94. The van der Waals surface area contributed by atoms with Gasteiger partial charge in [-0.15, -0.1) is 12.4 Å². The van der Waals surface area contributed by atoms with Crippen molar-refractivity contribution in [1.82, 2.24) is 15.3 Å². The van der Waals surface area contributed by atoms with E-state index in [9.17, 15) is 9.59 Å². The van der Waals surface area contributed by atoms with Gasteiger partial charge in [-0.1, -0.05) is 6.07 Å². The molecular weight excluding hydrogens is 370 g/mol. The molecule has 1 aliphatic rings. The number of carbonyl (C=O) groups is 2. The molecule has 1 N–H and O–H groups in total. The Hall–Kier alpha value is -2.25. The van der Waals surface area contributed by atoms with Crippen LogP contribution in [0.5, 0.6) is 0 Å². The van der Waals surface area contributed by atoms with Gasteiger partial charge in [0.1, 0.15) is 11.4 Å². The standard InChI is InChI=1S/C19H23N3O4.ClH/c1-25-19(24)15-6-3-5-14(22-15)17-12-21-18(26-17)16(23)7-2-4-13-8-10-20-11-9-13;/h3,5-6,12-13,20H,2,4,7-11H2,1H3;1H. The first-order valence-corrected chi connectivity index (χ1v) is 8.93. The molecule has 7 nitrogen and oxygen atoms in total. The molecule has 0 aliphatic carbocycles. The molecule has 1 fully saturated rings. The summed E-state index contributed by atoms with van der Waals surface area (Å²) < 4.78 is 10.2. The molecule has 3 rings (SSSR count). The number of rotatable bonds is 7. The number of methoxy groups -OCH3 is 1. The van der Waals surface area contributed by atoms with Gasteiger partial charge >= 0.3 is 5.97 Å². The first-order valence-electron chi connectivity index (χ1n) is 8.93. The zero-order chi connectivity index (χ0) is 18.4. The molecule has 146 valence electrons. The molecule has 0 spiro atoms. The Labute approximate surface area is 164 Å². The van der Waals surface area contributed by atoms with E-state index in [1.165, 1.54) is 26.1 Å². The Morgan fingerprint density at radius 3 is 2.81 bits per heavy atom. The van der Waals surface area contributed by atoms with E-state index in [0.29, 0.717) is 23.8 Å². The number of piperidine rings is 1. The van der Waals surface area contributed by atoms with E-state index < -0.39 is 5.97 Å². The zero-order valence-electron chi connectivity index (χ0n) is 15.3. The van der Waals surface area contributed by atoms with Crippen LogP contribution in [0.25, 0.3) is 11.5 Å². The number of ketones is 1. The largest absolute Gasteiger partial charge is 0.464 e. The van der Waals surface area contributed by atoms with E-state index in [2.05, 4.69) is 20.0 Å². The highest BCUT2D eigenvalue weighted by Crippen LogP contribution is 2.22. The van der Waals surface area contributed by atoms with Crippen LogP contribution in [-0.4, -0.2) is 41.9 Å². The van der Waals surface area contributed by atoms with Gasteiger partial charge in [-0.3, -0.25) is 4.79 Å². The van der Waals surface area contributed by atoms with Crippen LogP contribution < -0.4 is 5.32 Å². The van der Waals surface area contributed by atoms with Crippen LogP contribution in [0.2, 0.25) is 0 Å². The Morgan fingerprint density at radius 1 is 1.30 bits per heavy atom.